The second-order valence-electron chi connectivity index (χ2n) is 5.87. The zero-order valence-corrected chi connectivity index (χ0v) is 14.5. The number of alkyl halides is 3. The average molecular weight is 359 g/mol. The van der Waals surface area contributed by atoms with Crippen molar-refractivity contribution in [3.8, 4) is 0 Å². The van der Waals surface area contributed by atoms with E-state index in [1.54, 1.807) is 0 Å². The van der Waals surface area contributed by atoms with Crippen LogP contribution in [0.15, 0.2) is 24.3 Å². The molecule has 1 aromatic rings. The van der Waals surface area contributed by atoms with Gasteiger partial charge < -0.3 is 10.1 Å². The highest BCUT2D eigenvalue weighted by Crippen LogP contribution is 2.29. The van der Waals surface area contributed by atoms with E-state index in [-0.39, 0.29) is 12.0 Å². The van der Waals surface area contributed by atoms with E-state index in [0.717, 1.165) is 37.8 Å². The van der Waals surface area contributed by atoms with Gasteiger partial charge in [-0.2, -0.15) is 13.2 Å². The fourth-order valence-electron chi connectivity index (χ4n) is 2.45. The zero-order valence-electron chi connectivity index (χ0n) is 14.5. The summed E-state index contributed by atoms with van der Waals surface area (Å²) in [6.07, 6.45) is -0.463. The molecule has 1 rings (SSSR count). The molecule has 0 unspecified atom stereocenters. The molecule has 0 fully saturated rings. The Kier molecular flexibility index (Phi) is 8.45. The third kappa shape index (κ3) is 7.58. The van der Waals surface area contributed by atoms with Crippen molar-refractivity contribution < 1.29 is 27.5 Å². The molecule has 0 heterocycles. The van der Waals surface area contributed by atoms with Crippen LogP contribution in [0.3, 0.4) is 0 Å². The maximum absolute atomic E-state index is 12.7. The molecular formula is C18H24F3NO3. The quantitative estimate of drug-likeness (QED) is 0.538. The lowest BCUT2D eigenvalue weighted by atomic mass is 10.1. The number of unbranched alkanes of at least 4 members (excludes halogenated alkanes) is 3. The predicted octanol–water partition coefficient (Wildman–Crippen LogP) is 3.88. The first-order valence-electron chi connectivity index (χ1n) is 8.31. The highest BCUT2D eigenvalue weighted by Gasteiger charge is 2.30. The molecule has 7 heteroatoms. The summed E-state index contributed by atoms with van der Waals surface area (Å²) in [7, 11) is 1.24. The number of benzene rings is 1. The molecule has 0 bridgehead atoms. The van der Waals surface area contributed by atoms with E-state index in [1.165, 1.54) is 19.2 Å². The van der Waals surface area contributed by atoms with Crippen LogP contribution < -0.4 is 5.32 Å². The number of halogens is 3. The van der Waals surface area contributed by atoms with Crippen molar-refractivity contribution in [2.45, 2.75) is 57.7 Å². The molecule has 140 valence electrons. The van der Waals surface area contributed by atoms with Crippen LogP contribution in [0.1, 0.15) is 50.2 Å². The van der Waals surface area contributed by atoms with Gasteiger partial charge in [-0.05, 0) is 18.1 Å². The second kappa shape index (κ2) is 10.1. The Morgan fingerprint density at radius 2 is 1.92 bits per heavy atom. The summed E-state index contributed by atoms with van der Waals surface area (Å²) in [5, 5.41) is 2.56. The predicted molar refractivity (Wildman–Crippen MR) is 87.9 cm³/mol. The van der Waals surface area contributed by atoms with Crippen LogP contribution in [0.2, 0.25) is 0 Å². The summed E-state index contributed by atoms with van der Waals surface area (Å²) >= 11 is 0. The van der Waals surface area contributed by atoms with Crippen molar-refractivity contribution in [2.75, 3.05) is 7.11 Å². The fourth-order valence-corrected chi connectivity index (χ4v) is 2.45. The maximum Gasteiger partial charge on any atom is 0.416 e. The Morgan fingerprint density at radius 1 is 1.20 bits per heavy atom. The number of rotatable bonds is 9. The molecule has 1 atom stereocenters. The van der Waals surface area contributed by atoms with Crippen LogP contribution in [0, 0.1) is 0 Å². The number of nitrogens with one attached hydrogen (secondary N) is 1. The number of carbonyl (C=O) groups is 2. The summed E-state index contributed by atoms with van der Waals surface area (Å²) in [5.41, 5.74) is -0.566. The van der Waals surface area contributed by atoms with E-state index in [4.69, 9.17) is 0 Å². The minimum Gasteiger partial charge on any atom is -0.467 e. The van der Waals surface area contributed by atoms with Crippen LogP contribution >= 0.6 is 0 Å². The molecular weight excluding hydrogens is 335 g/mol. The molecule has 1 N–H and O–H groups in total. The third-order valence-electron chi connectivity index (χ3n) is 3.79. The van der Waals surface area contributed by atoms with Gasteiger partial charge in [-0.1, -0.05) is 50.8 Å². The zero-order chi connectivity index (χ0) is 18.9. The number of ether oxygens (including phenoxy) is 1. The molecule has 0 saturated carbocycles. The highest BCUT2D eigenvalue weighted by atomic mass is 19.4. The van der Waals surface area contributed by atoms with Gasteiger partial charge in [-0.25, -0.2) is 4.79 Å². The molecule has 0 aliphatic rings. The topological polar surface area (TPSA) is 55.4 Å². The second-order valence-corrected chi connectivity index (χ2v) is 5.87. The molecule has 25 heavy (non-hydrogen) atoms. The summed E-state index contributed by atoms with van der Waals surface area (Å²) in [5.74, 6) is -1.06. The first-order valence-corrected chi connectivity index (χ1v) is 8.31. The molecule has 0 radical (unpaired) electrons. The van der Waals surface area contributed by atoms with Crippen molar-refractivity contribution in [1.82, 2.24) is 5.32 Å². The maximum atomic E-state index is 12.7. The number of hydrogen-bond donors (Lipinski definition) is 1. The van der Waals surface area contributed by atoms with E-state index in [9.17, 15) is 22.8 Å². The van der Waals surface area contributed by atoms with Crippen LogP contribution in [-0.4, -0.2) is 25.0 Å². The van der Waals surface area contributed by atoms with Crippen molar-refractivity contribution in [1.29, 1.82) is 0 Å². The van der Waals surface area contributed by atoms with Gasteiger partial charge in [0, 0.05) is 0 Å². The molecule has 4 nitrogen and oxygen atoms in total. The van der Waals surface area contributed by atoms with E-state index < -0.39 is 29.7 Å². The summed E-state index contributed by atoms with van der Waals surface area (Å²) in [6.45, 7) is 2.06. The van der Waals surface area contributed by atoms with Crippen molar-refractivity contribution in [2.24, 2.45) is 0 Å². The van der Waals surface area contributed by atoms with E-state index in [0.29, 0.717) is 6.42 Å². The van der Waals surface area contributed by atoms with Crippen LogP contribution in [0.25, 0.3) is 0 Å². The highest BCUT2D eigenvalue weighted by molar-refractivity contribution is 5.85. The number of amides is 1. The monoisotopic (exact) mass is 359 g/mol. The lowest BCUT2D eigenvalue weighted by Gasteiger charge is -2.16. The van der Waals surface area contributed by atoms with Gasteiger partial charge in [0.25, 0.3) is 0 Å². The van der Waals surface area contributed by atoms with Gasteiger partial charge in [0.2, 0.25) is 5.91 Å². The van der Waals surface area contributed by atoms with Gasteiger partial charge >= 0.3 is 12.1 Å². The fraction of sp³-hybridized carbons (Fsp3) is 0.556. The van der Waals surface area contributed by atoms with Gasteiger partial charge in [0.05, 0.1) is 19.1 Å². The normalized spacial score (nSPS) is 12.5. The van der Waals surface area contributed by atoms with Crippen molar-refractivity contribution >= 4 is 11.9 Å². The smallest absolute Gasteiger partial charge is 0.416 e. The Hall–Kier alpha value is -2.05. The van der Waals surface area contributed by atoms with Gasteiger partial charge in [0.15, 0.2) is 0 Å². The Morgan fingerprint density at radius 3 is 2.52 bits per heavy atom. The van der Waals surface area contributed by atoms with Crippen molar-refractivity contribution in [3.63, 3.8) is 0 Å². The SMILES string of the molecule is CCCCCC[C@H](NC(=O)Cc1cccc(C(F)(F)F)c1)C(=O)OC. The minimum absolute atomic E-state index is 0.230. The third-order valence-corrected chi connectivity index (χ3v) is 3.79. The first kappa shape index (κ1) is 21.0. The number of esters is 1. The number of carbonyl (C=O) groups excluding carboxylic acids is 2. The molecule has 1 amide bonds. The first-order chi connectivity index (χ1) is 11.8. The molecule has 0 aromatic heterocycles. The van der Waals surface area contributed by atoms with Gasteiger partial charge in [0.1, 0.15) is 6.04 Å². The molecule has 1 aromatic carbocycles. The Bertz CT molecular complexity index is 573. The molecule has 0 saturated heterocycles. The summed E-state index contributed by atoms with van der Waals surface area (Å²) in [4.78, 5) is 23.9. The van der Waals surface area contributed by atoms with E-state index in [2.05, 4.69) is 17.0 Å². The summed E-state index contributed by atoms with van der Waals surface area (Å²) in [6, 6.07) is 3.82. The number of hydrogen-bond acceptors (Lipinski definition) is 3. The molecule has 0 aliphatic carbocycles. The molecule has 0 spiro atoms. The van der Waals surface area contributed by atoms with Crippen molar-refractivity contribution in [3.05, 3.63) is 35.4 Å². The minimum atomic E-state index is -4.46. The van der Waals surface area contributed by atoms with E-state index >= 15 is 0 Å². The molecule has 0 aliphatic heterocycles. The number of methoxy groups -OCH3 is 1. The average Bonchev–Trinajstić information content (AvgIpc) is 2.56. The van der Waals surface area contributed by atoms with E-state index in [1.807, 2.05) is 0 Å². The Balaban J connectivity index is 2.66. The largest absolute Gasteiger partial charge is 0.467 e. The van der Waals surface area contributed by atoms with Crippen LogP contribution in [-0.2, 0) is 26.9 Å². The standard InChI is InChI=1S/C18H24F3NO3/c1-3-4-5-6-10-15(17(24)25-2)22-16(23)12-13-8-7-9-14(11-13)18(19,20)21/h7-9,11,15H,3-6,10,12H2,1-2H3,(H,22,23)/t15-/m0/s1. The Labute approximate surface area is 145 Å². The van der Waals surface area contributed by atoms with Crippen LogP contribution in [0.4, 0.5) is 13.2 Å². The summed E-state index contributed by atoms with van der Waals surface area (Å²) < 4.78 is 42.8. The lowest BCUT2D eigenvalue weighted by molar-refractivity contribution is -0.145. The van der Waals surface area contributed by atoms with Crippen LogP contribution in [0.5, 0.6) is 0 Å². The van der Waals surface area contributed by atoms with Gasteiger partial charge in [-0.3, -0.25) is 4.79 Å². The van der Waals surface area contributed by atoms with Gasteiger partial charge in [-0.15, -0.1) is 0 Å². The lowest BCUT2D eigenvalue weighted by Crippen LogP contribution is -2.42.